The molecule has 2 N–H and O–H groups in total. The van der Waals surface area contributed by atoms with E-state index >= 15 is 0 Å². The van der Waals surface area contributed by atoms with E-state index in [4.69, 9.17) is 0 Å². The quantitative estimate of drug-likeness (QED) is 0.843. The molecule has 1 saturated carbocycles. The fraction of sp³-hybridized carbons (Fsp3) is 0.538. The van der Waals surface area contributed by atoms with Crippen LogP contribution in [0.5, 0.6) is 0 Å². The Balaban J connectivity index is 2.13. The van der Waals surface area contributed by atoms with E-state index in [1.54, 1.807) is 23.8 Å². The smallest absolute Gasteiger partial charge is 0.310 e. The lowest BCUT2D eigenvalue weighted by atomic mass is 10.1. The molecule has 21 heavy (non-hydrogen) atoms. The van der Waals surface area contributed by atoms with E-state index in [9.17, 15) is 21.6 Å². The van der Waals surface area contributed by atoms with Crippen molar-refractivity contribution in [2.24, 2.45) is 0 Å². The Hall–Kier alpha value is -1.12. The number of sulfonamides is 1. The number of hydrogen-bond donors (Lipinski definition) is 2. The van der Waals surface area contributed by atoms with E-state index in [0.717, 1.165) is 18.4 Å². The van der Waals surface area contributed by atoms with Gasteiger partial charge in [0, 0.05) is 12.6 Å². The van der Waals surface area contributed by atoms with Crippen LogP contribution < -0.4 is 10.0 Å². The second kappa shape index (κ2) is 5.94. The van der Waals surface area contributed by atoms with Crippen molar-refractivity contribution in [2.75, 3.05) is 6.54 Å². The molecule has 1 aromatic rings. The third kappa shape index (κ3) is 4.98. The van der Waals surface area contributed by atoms with Crippen LogP contribution in [0.1, 0.15) is 24.0 Å². The van der Waals surface area contributed by atoms with Crippen LogP contribution >= 0.6 is 0 Å². The molecular formula is C13H17F3N2O2S. The van der Waals surface area contributed by atoms with Crippen molar-refractivity contribution in [3.05, 3.63) is 29.3 Å². The Morgan fingerprint density at radius 3 is 2.52 bits per heavy atom. The summed E-state index contributed by atoms with van der Waals surface area (Å²) in [5.41, 5.74) is 1.15. The maximum Gasteiger partial charge on any atom is 0.402 e. The fourth-order valence-corrected chi connectivity index (χ4v) is 3.16. The third-order valence-corrected chi connectivity index (χ3v) is 4.72. The molecule has 118 valence electrons. The largest absolute Gasteiger partial charge is 0.402 e. The van der Waals surface area contributed by atoms with Crippen molar-refractivity contribution in [2.45, 2.75) is 43.4 Å². The first kappa shape index (κ1) is 16.3. The van der Waals surface area contributed by atoms with Crippen LogP contribution in [0, 0.1) is 6.92 Å². The zero-order chi connectivity index (χ0) is 15.7. The number of hydrogen-bond acceptors (Lipinski definition) is 3. The molecule has 0 radical (unpaired) electrons. The SMILES string of the molecule is Cc1ccc(CNC2CC2)cc1S(=O)(=O)NCC(F)(F)F. The van der Waals surface area contributed by atoms with E-state index in [1.165, 1.54) is 6.07 Å². The third-order valence-electron chi connectivity index (χ3n) is 3.18. The lowest BCUT2D eigenvalue weighted by Crippen LogP contribution is -2.34. The standard InChI is InChI=1S/C13H17F3N2O2S/c1-9-2-3-10(7-17-11-4-5-11)6-12(9)21(19,20)18-8-13(14,15)16/h2-3,6,11,17-18H,4-5,7-8H2,1H3. The number of halogens is 3. The Bertz CT molecular complexity index is 610. The van der Waals surface area contributed by atoms with E-state index in [1.807, 2.05) is 0 Å². The molecule has 1 aromatic carbocycles. The molecule has 0 atom stereocenters. The minimum Gasteiger partial charge on any atom is -0.310 e. The van der Waals surface area contributed by atoms with Crippen LogP contribution in [0.2, 0.25) is 0 Å². The number of alkyl halides is 3. The van der Waals surface area contributed by atoms with Gasteiger partial charge >= 0.3 is 6.18 Å². The average Bonchev–Trinajstić information content (AvgIpc) is 3.19. The van der Waals surface area contributed by atoms with Crippen LogP contribution in [-0.2, 0) is 16.6 Å². The van der Waals surface area contributed by atoms with Crippen LogP contribution in [0.25, 0.3) is 0 Å². The van der Waals surface area contributed by atoms with E-state index in [2.05, 4.69) is 5.32 Å². The number of aryl methyl sites for hydroxylation is 1. The van der Waals surface area contributed by atoms with Crippen LogP contribution in [-0.4, -0.2) is 27.2 Å². The Morgan fingerprint density at radius 1 is 1.29 bits per heavy atom. The highest BCUT2D eigenvalue weighted by molar-refractivity contribution is 7.89. The molecule has 8 heteroatoms. The van der Waals surface area contributed by atoms with Crippen LogP contribution in [0.3, 0.4) is 0 Å². The van der Waals surface area contributed by atoms with Gasteiger partial charge in [-0.05, 0) is 37.0 Å². The maximum absolute atomic E-state index is 12.2. The van der Waals surface area contributed by atoms with Gasteiger partial charge in [-0.25, -0.2) is 13.1 Å². The van der Waals surface area contributed by atoms with Crippen molar-refractivity contribution < 1.29 is 21.6 Å². The molecule has 0 bridgehead atoms. The van der Waals surface area contributed by atoms with Crippen molar-refractivity contribution >= 4 is 10.0 Å². The normalized spacial score (nSPS) is 16.2. The first-order valence-electron chi connectivity index (χ1n) is 6.57. The summed E-state index contributed by atoms with van der Waals surface area (Å²) in [7, 11) is -4.17. The minimum absolute atomic E-state index is 0.109. The average molecular weight is 322 g/mol. The lowest BCUT2D eigenvalue weighted by molar-refractivity contribution is -0.121. The molecule has 0 heterocycles. The van der Waals surface area contributed by atoms with Gasteiger partial charge in [0.25, 0.3) is 0 Å². The highest BCUT2D eigenvalue weighted by Crippen LogP contribution is 2.22. The monoisotopic (exact) mass is 322 g/mol. The highest BCUT2D eigenvalue weighted by Gasteiger charge is 2.30. The van der Waals surface area contributed by atoms with Gasteiger partial charge in [0.05, 0.1) is 4.90 Å². The van der Waals surface area contributed by atoms with Gasteiger partial charge in [-0.2, -0.15) is 13.2 Å². The van der Waals surface area contributed by atoms with Crippen LogP contribution in [0.4, 0.5) is 13.2 Å². The molecule has 2 rings (SSSR count). The summed E-state index contributed by atoms with van der Waals surface area (Å²) in [6.07, 6.45) is -2.37. The highest BCUT2D eigenvalue weighted by atomic mass is 32.2. The predicted octanol–water partition coefficient (Wildman–Crippen LogP) is 2.09. The van der Waals surface area contributed by atoms with Gasteiger partial charge < -0.3 is 5.32 Å². The summed E-state index contributed by atoms with van der Waals surface area (Å²) in [6.45, 7) is 0.492. The second-order valence-electron chi connectivity index (χ2n) is 5.19. The molecule has 1 aliphatic carbocycles. The Labute approximate surface area is 121 Å². The minimum atomic E-state index is -4.58. The van der Waals surface area contributed by atoms with Crippen LogP contribution in [0.15, 0.2) is 23.1 Å². The maximum atomic E-state index is 12.2. The molecule has 0 amide bonds. The van der Waals surface area contributed by atoms with E-state index < -0.39 is 22.7 Å². The molecule has 0 unspecified atom stereocenters. The molecular weight excluding hydrogens is 305 g/mol. The first-order chi connectivity index (χ1) is 9.67. The summed E-state index contributed by atoms with van der Waals surface area (Å²) in [5.74, 6) is 0. The molecule has 0 spiro atoms. The van der Waals surface area contributed by atoms with Crippen molar-refractivity contribution in [3.8, 4) is 0 Å². The van der Waals surface area contributed by atoms with Gasteiger partial charge in [-0.1, -0.05) is 12.1 Å². The molecule has 0 aromatic heterocycles. The van der Waals surface area contributed by atoms with Crippen molar-refractivity contribution in [1.82, 2.24) is 10.0 Å². The molecule has 4 nitrogen and oxygen atoms in total. The van der Waals surface area contributed by atoms with Gasteiger partial charge in [0.2, 0.25) is 10.0 Å². The van der Waals surface area contributed by atoms with E-state index in [0.29, 0.717) is 18.2 Å². The zero-order valence-electron chi connectivity index (χ0n) is 11.5. The summed E-state index contributed by atoms with van der Waals surface area (Å²) in [4.78, 5) is -0.109. The molecule has 1 fully saturated rings. The lowest BCUT2D eigenvalue weighted by Gasteiger charge is -2.13. The molecule has 0 aliphatic heterocycles. The zero-order valence-corrected chi connectivity index (χ0v) is 12.3. The van der Waals surface area contributed by atoms with Crippen molar-refractivity contribution in [1.29, 1.82) is 0 Å². The number of benzene rings is 1. The summed E-state index contributed by atoms with van der Waals surface area (Å²) in [6, 6.07) is 5.26. The second-order valence-corrected chi connectivity index (χ2v) is 6.93. The Kier molecular flexibility index (Phi) is 4.60. The Morgan fingerprint density at radius 2 is 1.95 bits per heavy atom. The summed E-state index contributed by atoms with van der Waals surface area (Å²) in [5, 5.41) is 3.23. The molecule has 1 aliphatic rings. The first-order valence-corrected chi connectivity index (χ1v) is 8.05. The van der Waals surface area contributed by atoms with Crippen molar-refractivity contribution in [3.63, 3.8) is 0 Å². The summed E-state index contributed by atoms with van der Waals surface area (Å²) >= 11 is 0. The van der Waals surface area contributed by atoms with Gasteiger partial charge in [0.15, 0.2) is 0 Å². The predicted molar refractivity (Wildman–Crippen MR) is 72.3 cm³/mol. The molecule has 0 saturated heterocycles. The fourth-order valence-electron chi connectivity index (χ4n) is 1.85. The van der Waals surface area contributed by atoms with Gasteiger partial charge in [-0.15, -0.1) is 0 Å². The van der Waals surface area contributed by atoms with E-state index in [-0.39, 0.29) is 4.90 Å². The topological polar surface area (TPSA) is 58.2 Å². The van der Waals surface area contributed by atoms with Gasteiger partial charge in [0.1, 0.15) is 6.54 Å². The van der Waals surface area contributed by atoms with Gasteiger partial charge in [-0.3, -0.25) is 0 Å². The number of rotatable bonds is 6. The summed E-state index contributed by atoms with van der Waals surface area (Å²) < 4.78 is 62.0. The number of nitrogens with one attached hydrogen (secondary N) is 2.